The van der Waals surface area contributed by atoms with Crippen LogP contribution in [-0.2, 0) is 6.54 Å². The molecular formula is C17H15ClN4O2. The van der Waals surface area contributed by atoms with Gasteiger partial charge < -0.3 is 4.74 Å². The van der Waals surface area contributed by atoms with E-state index in [1.807, 2.05) is 19.1 Å². The van der Waals surface area contributed by atoms with Crippen LogP contribution in [-0.4, -0.2) is 32.6 Å². The first-order valence-corrected chi connectivity index (χ1v) is 7.84. The summed E-state index contributed by atoms with van der Waals surface area (Å²) in [4.78, 5) is 13.6. The summed E-state index contributed by atoms with van der Waals surface area (Å²) in [5, 5.41) is 12.6. The Morgan fingerprint density at radius 3 is 2.62 bits per heavy atom. The Bertz CT molecular complexity index is 846. The molecule has 0 fully saturated rings. The molecule has 0 atom stereocenters. The fourth-order valence-electron chi connectivity index (χ4n) is 2.18. The van der Waals surface area contributed by atoms with Crippen LogP contribution in [0.1, 0.15) is 17.3 Å². The first kappa shape index (κ1) is 16.1. The quantitative estimate of drug-likeness (QED) is 0.643. The van der Waals surface area contributed by atoms with Crippen molar-refractivity contribution in [2.24, 2.45) is 0 Å². The summed E-state index contributed by atoms with van der Waals surface area (Å²) >= 11 is 6.11. The second-order valence-electron chi connectivity index (χ2n) is 5.00. The third-order valence-electron chi connectivity index (χ3n) is 3.34. The summed E-state index contributed by atoms with van der Waals surface area (Å²) in [5.74, 6) is 1.01. The fourth-order valence-corrected chi connectivity index (χ4v) is 2.40. The Balaban J connectivity index is 1.72. The standard InChI is InChI=1S/C17H15ClN4O2/c1-2-24-13-9-7-12(8-10-13)16(23)11-22-20-17(19-21-22)14-5-3-4-6-15(14)18/h3-10H,2,11H2,1H3. The molecule has 0 aliphatic carbocycles. The lowest BCUT2D eigenvalue weighted by Crippen LogP contribution is -2.13. The van der Waals surface area contributed by atoms with Crippen LogP contribution in [0, 0.1) is 0 Å². The van der Waals surface area contributed by atoms with Gasteiger partial charge in [-0.15, -0.1) is 10.2 Å². The predicted octanol–water partition coefficient (Wildman–Crippen LogP) is 3.28. The highest BCUT2D eigenvalue weighted by molar-refractivity contribution is 6.33. The van der Waals surface area contributed by atoms with Crippen molar-refractivity contribution in [3.05, 3.63) is 59.1 Å². The van der Waals surface area contributed by atoms with Crippen molar-refractivity contribution in [2.75, 3.05) is 6.61 Å². The zero-order valence-corrected chi connectivity index (χ0v) is 13.8. The van der Waals surface area contributed by atoms with Gasteiger partial charge in [-0.3, -0.25) is 4.79 Å². The van der Waals surface area contributed by atoms with Crippen molar-refractivity contribution in [3.63, 3.8) is 0 Å². The molecule has 0 aliphatic rings. The van der Waals surface area contributed by atoms with Crippen molar-refractivity contribution in [1.29, 1.82) is 0 Å². The number of benzene rings is 2. The zero-order valence-electron chi connectivity index (χ0n) is 13.0. The van der Waals surface area contributed by atoms with E-state index in [9.17, 15) is 4.79 Å². The van der Waals surface area contributed by atoms with E-state index in [2.05, 4.69) is 15.4 Å². The molecule has 6 nitrogen and oxygen atoms in total. The molecule has 0 unspecified atom stereocenters. The number of carbonyl (C=O) groups excluding carboxylic acids is 1. The van der Waals surface area contributed by atoms with Crippen LogP contribution in [0.2, 0.25) is 5.02 Å². The Hall–Kier alpha value is -2.73. The van der Waals surface area contributed by atoms with E-state index in [0.29, 0.717) is 28.6 Å². The molecule has 0 bridgehead atoms. The number of carbonyl (C=O) groups is 1. The van der Waals surface area contributed by atoms with Gasteiger partial charge in [-0.1, -0.05) is 23.7 Å². The van der Waals surface area contributed by atoms with Crippen molar-refractivity contribution in [1.82, 2.24) is 20.2 Å². The zero-order chi connectivity index (χ0) is 16.9. The second-order valence-corrected chi connectivity index (χ2v) is 5.41. The summed E-state index contributed by atoms with van der Waals surface area (Å²) in [6, 6.07) is 14.2. The Morgan fingerprint density at radius 2 is 1.92 bits per heavy atom. The number of nitrogens with zero attached hydrogens (tertiary/aromatic N) is 4. The van der Waals surface area contributed by atoms with Crippen LogP contribution in [0.15, 0.2) is 48.5 Å². The molecule has 0 radical (unpaired) electrons. The summed E-state index contributed by atoms with van der Waals surface area (Å²) < 4.78 is 5.36. The summed E-state index contributed by atoms with van der Waals surface area (Å²) in [5.41, 5.74) is 1.24. The topological polar surface area (TPSA) is 69.9 Å². The highest BCUT2D eigenvalue weighted by Gasteiger charge is 2.13. The minimum atomic E-state index is -0.110. The number of halogens is 1. The SMILES string of the molecule is CCOc1ccc(C(=O)Cn2nnc(-c3ccccc3Cl)n2)cc1. The van der Waals surface area contributed by atoms with Crippen molar-refractivity contribution < 1.29 is 9.53 Å². The fraction of sp³-hybridized carbons (Fsp3) is 0.176. The monoisotopic (exact) mass is 342 g/mol. The predicted molar refractivity (Wildman–Crippen MR) is 90.2 cm³/mol. The van der Waals surface area contributed by atoms with Crippen molar-refractivity contribution in [3.8, 4) is 17.1 Å². The molecule has 0 spiro atoms. The first-order chi connectivity index (χ1) is 11.7. The lowest BCUT2D eigenvalue weighted by molar-refractivity contribution is 0.0961. The van der Waals surface area contributed by atoms with Crippen molar-refractivity contribution in [2.45, 2.75) is 13.5 Å². The summed E-state index contributed by atoms with van der Waals surface area (Å²) in [6.45, 7) is 2.50. The highest BCUT2D eigenvalue weighted by atomic mass is 35.5. The number of rotatable bonds is 6. The minimum Gasteiger partial charge on any atom is -0.494 e. The maximum absolute atomic E-state index is 12.3. The molecule has 24 heavy (non-hydrogen) atoms. The van der Waals surface area contributed by atoms with Gasteiger partial charge in [-0.25, -0.2) is 0 Å². The summed E-state index contributed by atoms with van der Waals surface area (Å²) in [7, 11) is 0. The van der Waals surface area contributed by atoms with Gasteiger partial charge in [0.1, 0.15) is 12.3 Å². The van der Waals surface area contributed by atoms with Crippen molar-refractivity contribution >= 4 is 17.4 Å². The van der Waals surface area contributed by atoms with E-state index in [1.54, 1.807) is 36.4 Å². The summed E-state index contributed by atoms with van der Waals surface area (Å²) in [6.07, 6.45) is 0. The second kappa shape index (κ2) is 7.23. The van der Waals surface area contributed by atoms with E-state index in [-0.39, 0.29) is 12.3 Å². The first-order valence-electron chi connectivity index (χ1n) is 7.46. The Kier molecular flexibility index (Phi) is 4.86. The van der Waals surface area contributed by atoms with Gasteiger partial charge in [0.15, 0.2) is 5.78 Å². The molecule has 0 saturated carbocycles. The molecule has 0 amide bonds. The number of ether oxygens (including phenoxy) is 1. The van der Waals surface area contributed by atoms with E-state index in [4.69, 9.17) is 16.3 Å². The van der Waals surface area contributed by atoms with Gasteiger partial charge in [0.05, 0.1) is 11.6 Å². The van der Waals surface area contributed by atoms with E-state index in [1.165, 1.54) is 4.80 Å². The number of Topliss-reactive ketones (excluding diaryl/α,β-unsaturated/α-hetero) is 1. The Morgan fingerprint density at radius 1 is 1.17 bits per heavy atom. The normalized spacial score (nSPS) is 10.6. The van der Waals surface area contributed by atoms with Crippen LogP contribution in [0.3, 0.4) is 0 Å². The largest absolute Gasteiger partial charge is 0.494 e. The minimum absolute atomic E-state index is 0.00539. The molecule has 0 N–H and O–H groups in total. The smallest absolute Gasteiger partial charge is 0.206 e. The number of hydrogen-bond acceptors (Lipinski definition) is 5. The lowest BCUT2D eigenvalue weighted by Gasteiger charge is -2.04. The van der Waals surface area contributed by atoms with Gasteiger partial charge >= 0.3 is 0 Å². The van der Waals surface area contributed by atoms with Crippen LogP contribution in [0.5, 0.6) is 5.75 Å². The average molecular weight is 343 g/mol. The molecule has 0 saturated heterocycles. The molecule has 3 rings (SSSR count). The van der Waals surface area contributed by atoms with Gasteiger partial charge in [0.2, 0.25) is 5.82 Å². The van der Waals surface area contributed by atoms with Gasteiger partial charge in [-0.05, 0) is 48.5 Å². The van der Waals surface area contributed by atoms with E-state index in [0.717, 1.165) is 5.75 Å². The number of tetrazole rings is 1. The molecule has 7 heteroatoms. The molecular weight excluding hydrogens is 328 g/mol. The van der Waals surface area contributed by atoms with Crippen LogP contribution >= 0.6 is 11.6 Å². The molecule has 2 aromatic carbocycles. The van der Waals surface area contributed by atoms with Gasteiger partial charge in [0.25, 0.3) is 0 Å². The van der Waals surface area contributed by atoms with Gasteiger partial charge in [-0.2, -0.15) is 4.80 Å². The number of ketones is 1. The number of aromatic nitrogens is 4. The molecule has 1 aromatic heterocycles. The molecule has 0 aliphatic heterocycles. The van der Waals surface area contributed by atoms with Crippen LogP contribution < -0.4 is 4.74 Å². The lowest BCUT2D eigenvalue weighted by atomic mass is 10.1. The average Bonchev–Trinajstić information content (AvgIpc) is 3.04. The molecule has 1 heterocycles. The molecule has 122 valence electrons. The third kappa shape index (κ3) is 3.60. The van der Waals surface area contributed by atoms with Crippen LogP contribution in [0.4, 0.5) is 0 Å². The van der Waals surface area contributed by atoms with E-state index >= 15 is 0 Å². The van der Waals surface area contributed by atoms with Crippen LogP contribution in [0.25, 0.3) is 11.4 Å². The number of hydrogen-bond donors (Lipinski definition) is 0. The third-order valence-corrected chi connectivity index (χ3v) is 3.67. The Labute approximate surface area is 144 Å². The maximum Gasteiger partial charge on any atom is 0.206 e. The van der Waals surface area contributed by atoms with E-state index < -0.39 is 0 Å². The maximum atomic E-state index is 12.3. The van der Waals surface area contributed by atoms with Gasteiger partial charge in [0, 0.05) is 11.1 Å². The highest BCUT2D eigenvalue weighted by Crippen LogP contribution is 2.23. The molecule has 3 aromatic rings.